The summed E-state index contributed by atoms with van der Waals surface area (Å²) in [6.45, 7) is 3.64. The van der Waals surface area contributed by atoms with Crippen LogP contribution < -0.4 is 10.6 Å². The number of aromatic nitrogens is 6. The Hall–Kier alpha value is -4.10. The van der Waals surface area contributed by atoms with Gasteiger partial charge in [-0.05, 0) is 43.4 Å². The number of hydrogen-bond acceptors (Lipinski definition) is 9. The molecule has 0 unspecified atom stereocenters. The number of alkyl halides is 3. The molecule has 0 radical (unpaired) electrons. The fourth-order valence-corrected chi connectivity index (χ4v) is 5.38. The molecule has 10 nitrogen and oxygen atoms in total. The van der Waals surface area contributed by atoms with E-state index < -0.39 is 19.1 Å². The highest BCUT2D eigenvalue weighted by Gasteiger charge is 2.22. The lowest BCUT2D eigenvalue weighted by Gasteiger charge is -2.27. The van der Waals surface area contributed by atoms with Gasteiger partial charge in [0.25, 0.3) is 6.43 Å². The smallest absolute Gasteiger partial charge is 0.257 e. The monoisotopic (exact) mass is 593 g/mol. The molecule has 2 fully saturated rings. The summed E-state index contributed by atoms with van der Waals surface area (Å²) in [7, 11) is 0. The molecule has 1 saturated heterocycles. The molecule has 5 heterocycles. The first-order valence-electron chi connectivity index (χ1n) is 14.6. The Morgan fingerprint density at radius 2 is 1.79 bits per heavy atom. The van der Waals surface area contributed by atoms with Gasteiger partial charge in [-0.15, -0.1) is 0 Å². The van der Waals surface area contributed by atoms with Crippen LogP contribution in [0.25, 0.3) is 22.6 Å². The molecule has 6 rings (SSSR count). The van der Waals surface area contributed by atoms with Crippen molar-refractivity contribution in [2.75, 3.05) is 36.9 Å². The van der Waals surface area contributed by atoms with Crippen LogP contribution in [-0.4, -0.2) is 79.6 Å². The Kier molecular flexibility index (Phi) is 9.08. The number of anilines is 3. The summed E-state index contributed by atoms with van der Waals surface area (Å²) in [6, 6.07) is 7.84. The van der Waals surface area contributed by atoms with E-state index in [2.05, 4.69) is 41.7 Å². The van der Waals surface area contributed by atoms with E-state index in [-0.39, 0.29) is 6.04 Å². The van der Waals surface area contributed by atoms with E-state index >= 15 is 0 Å². The summed E-state index contributed by atoms with van der Waals surface area (Å²) in [6.07, 6.45) is 7.51. The van der Waals surface area contributed by atoms with Crippen LogP contribution in [0, 0.1) is 0 Å². The van der Waals surface area contributed by atoms with Crippen molar-refractivity contribution >= 4 is 17.3 Å². The predicted molar refractivity (Wildman–Crippen MR) is 157 cm³/mol. The summed E-state index contributed by atoms with van der Waals surface area (Å²) in [4.78, 5) is 20.6. The molecule has 0 amide bonds. The Bertz CT molecular complexity index is 1490. The van der Waals surface area contributed by atoms with Gasteiger partial charge in [0.1, 0.15) is 24.4 Å². The summed E-state index contributed by atoms with van der Waals surface area (Å²) in [5.41, 5.74) is 4.14. The standard InChI is InChI=1S/C30H34F3N9O/c31-22-2-4-23(5-3-22)38-26-13-29(39-28-7-8-34-30(40-28)21-15-37-42(18-21)19-27(32)33)36-16-24(26)25-6-1-20(14-35-25)17-41-9-11-43-12-10-41/h1,6-8,13-16,18,22-23,27H,2-5,9-12,17,19H2,(H2,34,36,38,39,40). The van der Waals surface area contributed by atoms with E-state index in [4.69, 9.17) is 9.72 Å². The van der Waals surface area contributed by atoms with Crippen LogP contribution in [0.2, 0.25) is 0 Å². The van der Waals surface area contributed by atoms with Crippen molar-refractivity contribution in [3.05, 3.63) is 60.8 Å². The van der Waals surface area contributed by atoms with Crippen LogP contribution in [0.3, 0.4) is 0 Å². The third-order valence-corrected chi connectivity index (χ3v) is 7.66. The fraction of sp³-hybridized carbons (Fsp3) is 0.433. The molecular formula is C30H34F3N9O. The SMILES string of the molecule is FC(F)Cn1cc(-c2nccc(Nc3cc(NC4CCC(F)CC4)c(-c4ccc(CN5CCOCC5)cn4)cn3)n2)cn1. The maximum Gasteiger partial charge on any atom is 0.257 e. The Morgan fingerprint density at radius 1 is 0.953 bits per heavy atom. The minimum Gasteiger partial charge on any atom is -0.382 e. The molecule has 226 valence electrons. The third-order valence-electron chi connectivity index (χ3n) is 7.66. The van der Waals surface area contributed by atoms with Crippen LogP contribution in [0.15, 0.2) is 55.2 Å². The fourth-order valence-electron chi connectivity index (χ4n) is 5.38. The Morgan fingerprint density at radius 3 is 2.56 bits per heavy atom. The van der Waals surface area contributed by atoms with Gasteiger partial charge >= 0.3 is 0 Å². The molecule has 4 aromatic heterocycles. The normalized spacial score (nSPS) is 19.4. The number of morpholine rings is 1. The average molecular weight is 594 g/mol. The maximum absolute atomic E-state index is 13.8. The molecule has 0 atom stereocenters. The summed E-state index contributed by atoms with van der Waals surface area (Å²) in [5, 5.41) is 10.8. The summed E-state index contributed by atoms with van der Waals surface area (Å²) >= 11 is 0. The molecule has 2 aliphatic rings. The molecule has 0 spiro atoms. The molecule has 1 aliphatic carbocycles. The van der Waals surface area contributed by atoms with Crippen LogP contribution >= 0.6 is 0 Å². The van der Waals surface area contributed by atoms with E-state index in [9.17, 15) is 13.2 Å². The molecule has 1 aliphatic heterocycles. The molecule has 1 saturated carbocycles. The van der Waals surface area contributed by atoms with E-state index in [0.717, 1.165) is 68.2 Å². The number of nitrogens with zero attached hydrogens (tertiary/aromatic N) is 7. The van der Waals surface area contributed by atoms with Crippen molar-refractivity contribution in [1.29, 1.82) is 0 Å². The highest BCUT2D eigenvalue weighted by Crippen LogP contribution is 2.32. The van der Waals surface area contributed by atoms with Gasteiger partial charge < -0.3 is 15.4 Å². The van der Waals surface area contributed by atoms with Crippen molar-refractivity contribution in [3.8, 4) is 22.6 Å². The molecule has 0 aromatic carbocycles. The van der Waals surface area contributed by atoms with E-state index in [1.54, 1.807) is 18.5 Å². The first-order valence-corrected chi connectivity index (χ1v) is 14.6. The molecule has 2 N–H and O–H groups in total. The molecular weight excluding hydrogens is 559 g/mol. The topological polar surface area (TPSA) is 106 Å². The number of halogens is 3. The largest absolute Gasteiger partial charge is 0.382 e. The summed E-state index contributed by atoms with van der Waals surface area (Å²) in [5.74, 6) is 1.39. The van der Waals surface area contributed by atoms with E-state index in [1.807, 2.05) is 18.3 Å². The van der Waals surface area contributed by atoms with Gasteiger partial charge in [-0.2, -0.15) is 5.10 Å². The number of ether oxygens (including phenoxy) is 1. The zero-order valence-electron chi connectivity index (χ0n) is 23.7. The molecule has 13 heteroatoms. The molecule has 4 aromatic rings. The van der Waals surface area contributed by atoms with Gasteiger partial charge in [0.2, 0.25) is 0 Å². The second-order valence-corrected chi connectivity index (χ2v) is 10.9. The number of rotatable bonds is 10. The number of nitrogens with one attached hydrogen (secondary N) is 2. The van der Waals surface area contributed by atoms with Crippen LogP contribution in [-0.2, 0) is 17.8 Å². The van der Waals surface area contributed by atoms with Crippen LogP contribution in [0.4, 0.5) is 30.5 Å². The van der Waals surface area contributed by atoms with Crippen molar-refractivity contribution in [2.45, 2.75) is 57.4 Å². The maximum atomic E-state index is 13.8. The van der Waals surface area contributed by atoms with Crippen molar-refractivity contribution in [1.82, 2.24) is 34.6 Å². The van der Waals surface area contributed by atoms with Gasteiger partial charge in [-0.25, -0.2) is 28.1 Å². The second-order valence-electron chi connectivity index (χ2n) is 10.9. The Labute approximate surface area is 247 Å². The highest BCUT2D eigenvalue weighted by atomic mass is 19.3. The van der Waals surface area contributed by atoms with Gasteiger partial charge in [0.05, 0.1) is 30.7 Å². The minimum atomic E-state index is -2.51. The molecule has 43 heavy (non-hydrogen) atoms. The van der Waals surface area contributed by atoms with Crippen LogP contribution in [0.5, 0.6) is 0 Å². The van der Waals surface area contributed by atoms with Crippen molar-refractivity contribution in [3.63, 3.8) is 0 Å². The Balaban J connectivity index is 1.22. The zero-order chi connectivity index (χ0) is 29.6. The van der Waals surface area contributed by atoms with Crippen LogP contribution in [0.1, 0.15) is 31.2 Å². The zero-order valence-corrected chi connectivity index (χ0v) is 23.7. The predicted octanol–water partition coefficient (Wildman–Crippen LogP) is 5.33. The van der Waals surface area contributed by atoms with Gasteiger partial charge in [-0.1, -0.05) is 6.07 Å². The average Bonchev–Trinajstić information content (AvgIpc) is 3.48. The summed E-state index contributed by atoms with van der Waals surface area (Å²) < 4.78 is 45.9. The van der Waals surface area contributed by atoms with E-state index in [0.29, 0.717) is 35.9 Å². The minimum absolute atomic E-state index is 0.136. The third kappa shape index (κ3) is 7.65. The first kappa shape index (κ1) is 29.0. The quantitative estimate of drug-likeness (QED) is 0.252. The lowest BCUT2D eigenvalue weighted by atomic mass is 9.93. The lowest BCUT2D eigenvalue weighted by Crippen LogP contribution is -2.35. The van der Waals surface area contributed by atoms with Gasteiger partial charge in [0, 0.05) is 67.8 Å². The highest BCUT2D eigenvalue weighted by molar-refractivity contribution is 5.78. The van der Waals surface area contributed by atoms with Crippen molar-refractivity contribution in [2.24, 2.45) is 0 Å². The second kappa shape index (κ2) is 13.5. The molecule has 0 bridgehead atoms. The van der Waals surface area contributed by atoms with Gasteiger partial charge in [-0.3, -0.25) is 14.6 Å². The van der Waals surface area contributed by atoms with Gasteiger partial charge in [0.15, 0.2) is 5.82 Å². The number of hydrogen-bond donors (Lipinski definition) is 2. The first-order chi connectivity index (χ1) is 21.0. The van der Waals surface area contributed by atoms with E-state index in [1.165, 1.54) is 17.1 Å². The van der Waals surface area contributed by atoms with Crippen molar-refractivity contribution < 1.29 is 17.9 Å². The lowest BCUT2D eigenvalue weighted by molar-refractivity contribution is 0.0341. The number of pyridine rings is 2.